The van der Waals surface area contributed by atoms with Gasteiger partial charge in [-0.05, 0) is 82.6 Å². The standard InChI is InChI=1S/C15H19N3O.C7H8O/c1-10-6-7-12(9-11(10)2)14-16-15(19-17-14)13-5-4-8-18(13)3;1-2-4-7-5-3-6-8-7/h6-7,9,13H,4-5,8H2,1-3H3;2-6H,1H3/b;4-2+. The maximum atomic E-state index is 5.44. The lowest BCUT2D eigenvalue weighted by Crippen LogP contribution is -2.17. The van der Waals surface area contributed by atoms with Gasteiger partial charge in [-0.15, -0.1) is 0 Å². The van der Waals surface area contributed by atoms with E-state index in [1.807, 2.05) is 31.2 Å². The molecule has 4 rings (SSSR count). The number of allylic oxidation sites excluding steroid dienone is 1. The van der Waals surface area contributed by atoms with E-state index in [1.54, 1.807) is 6.26 Å². The van der Waals surface area contributed by atoms with Gasteiger partial charge in [-0.1, -0.05) is 23.4 Å². The average Bonchev–Trinajstić information content (AvgIpc) is 3.40. The second-order valence-electron chi connectivity index (χ2n) is 6.91. The summed E-state index contributed by atoms with van der Waals surface area (Å²) in [5.74, 6) is 2.35. The largest absolute Gasteiger partial charge is 0.465 e. The maximum Gasteiger partial charge on any atom is 0.244 e. The van der Waals surface area contributed by atoms with Crippen molar-refractivity contribution in [1.82, 2.24) is 15.0 Å². The molecule has 5 heteroatoms. The Kier molecular flexibility index (Phi) is 6.24. The van der Waals surface area contributed by atoms with Crippen molar-refractivity contribution in [2.45, 2.75) is 39.7 Å². The monoisotopic (exact) mass is 365 g/mol. The number of nitrogens with zero attached hydrogens (tertiary/aromatic N) is 3. The Morgan fingerprint density at radius 3 is 2.67 bits per heavy atom. The zero-order valence-electron chi connectivity index (χ0n) is 16.5. The number of benzene rings is 1. The van der Waals surface area contributed by atoms with Crippen LogP contribution in [0, 0.1) is 13.8 Å². The van der Waals surface area contributed by atoms with E-state index >= 15 is 0 Å². The van der Waals surface area contributed by atoms with Crippen molar-refractivity contribution in [1.29, 1.82) is 0 Å². The minimum atomic E-state index is 0.285. The van der Waals surface area contributed by atoms with E-state index in [0.717, 1.165) is 30.2 Å². The Bertz CT molecular complexity index is 881. The number of hydrogen-bond acceptors (Lipinski definition) is 5. The van der Waals surface area contributed by atoms with Gasteiger partial charge in [-0.2, -0.15) is 4.98 Å². The van der Waals surface area contributed by atoms with Gasteiger partial charge >= 0.3 is 0 Å². The first-order chi connectivity index (χ1) is 13.1. The van der Waals surface area contributed by atoms with Gasteiger partial charge in [0.05, 0.1) is 12.3 Å². The molecule has 0 bridgehead atoms. The first-order valence-electron chi connectivity index (χ1n) is 9.36. The molecule has 1 atom stereocenters. The number of rotatable bonds is 3. The molecule has 27 heavy (non-hydrogen) atoms. The first-order valence-corrected chi connectivity index (χ1v) is 9.36. The third-order valence-corrected chi connectivity index (χ3v) is 4.89. The van der Waals surface area contributed by atoms with Crippen molar-refractivity contribution in [2.24, 2.45) is 0 Å². The van der Waals surface area contributed by atoms with Crippen molar-refractivity contribution in [2.75, 3.05) is 13.6 Å². The molecular weight excluding hydrogens is 338 g/mol. The molecule has 0 spiro atoms. The SMILES string of the molecule is C/C=C/c1ccco1.Cc1ccc(-c2noc(C3CCCN3C)n2)cc1C. The van der Waals surface area contributed by atoms with Crippen LogP contribution in [0.1, 0.15) is 48.6 Å². The average molecular weight is 365 g/mol. The van der Waals surface area contributed by atoms with Crippen LogP contribution >= 0.6 is 0 Å². The van der Waals surface area contributed by atoms with Crippen LogP contribution < -0.4 is 0 Å². The van der Waals surface area contributed by atoms with E-state index in [2.05, 4.69) is 54.1 Å². The second kappa shape index (κ2) is 8.82. The van der Waals surface area contributed by atoms with E-state index in [1.165, 1.54) is 17.5 Å². The van der Waals surface area contributed by atoms with Crippen LogP contribution in [0.25, 0.3) is 17.5 Å². The van der Waals surface area contributed by atoms with Gasteiger partial charge in [0.1, 0.15) is 5.76 Å². The van der Waals surface area contributed by atoms with Crippen molar-refractivity contribution in [3.8, 4) is 11.4 Å². The smallest absolute Gasteiger partial charge is 0.244 e. The quantitative estimate of drug-likeness (QED) is 0.619. The van der Waals surface area contributed by atoms with Gasteiger partial charge in [-0.25, -0.2) is 0 Å². The fourth-order valence-electron chi connectivity index (χ4n) is 3.14. The lowest BCUT2D eigenvalue weighted by atomic mass is 10.1. The van der Waals surface area contributed by atoms with E-state index < -0.39 is 0 Å². The summed E-state index contributed by atoms with van der Waals surface area (Å²) in [6.45, 7) is 7.27. The third kappa shape index (κ3) is 4.74. The molecule has 3 heterocycles. The number of aromatic nitrogens is 2. The molecule has 0 N–H and O–H groups in total. The number of furan rings is 1. The Hall–Kier alpha value is -2.66. The maximum absolute atomic E-state index is 5.44. The van der Waals surface area contributed by atoms with E-state index in [0.29, 0.717) is 5.82 Å². The van der Waals surface area contributed by atoms with Gasteiger partial charge in [0, 0.05) is 5.56 Å². The van der Waals surface area contributed by atoms with Gasteiger partial charge < -0.3 is 8.94 Å². The molecule has 142 valence electrons. The van der Waals surface area contributed by atoms with Crippen LogP contribution in [0.5, 0.6) is 0 Å². The molecule has 1 aromatic carbocycles. The molecule has 1 aliphatic rings. The fourth-order valence-corrected chi connectivity index (χ4v) is 3.14. The fraction of sp³-hybridized carbons (Fsp3) is 0.364. The summed E-state index contributed by atoms with van der Waals surface area (Å²) in [4.78, 5) is 6.84. The van der Waals surface area contributed by atoms with Gasteiger partial charge in [0.15, 0.2) is 0 Å². The summed E-state index contributed by atoms with van der Waals surface area (Å²) in [5.41, 5.74) is 3.56. The van der Waals surface area contributed by atoms with Crippen molar-refractivity contribution >= 4 is 6.08 Å². The van der Waals surface area contributed by atoms with Gasteiger partial charge in [0.25, 0.3) is 0 Å². The van der Waals surface area contributed by atoms with Crippen LogP contribution in [-0.4, -0.2) is 28.6 Å². The number of likely N-dealkylation sites (tertiary alicyclic amines) is 1. The number of aryl methyl sites for hydroxylation is 2. The Morgan fingerprint density at radius 2 is 2.04 bits per heavy atom. The highest BCUT2D eigenvalue weighted by Gasteiger charge is 2.27. The summed E-state index contributed by atoms with van der Waals surface area (Å²) in [7, 11) is 2.11. The minimum absolute atomic E-state index is 0.285. The molecule has 1 unspecified atom stereocenters. The third-order valence-electron chi connectivity index (χ3n) is 4.89. The van der Waals surface area contributed by atoms with Crippen LogP contribution in [0.3, 0.4) is 0 Å². The normalized spacial score (nSPS) is 17.3. The Balaban J connectivity index is 0.000000221. The molecule has 0 radical (unpaired) electrons. The topological polar surface area (TPSA) is 55.3 Å². The Labute approximate surface area is 160 Å². The molecule has 2 aromatic heterocycles. The molecule has 1 aliphatic heterocycles. The van der Waals surface area contributed by atoms with Crippen LogP contribution in [0.4, 0.5) is 0 Å². The minimum Gasteiger partial charge on any atom is -0.465 e. The van der Waals surface area contributed by atoms with E-state index in [-0.39, 0.29) is 6.04 Å². The summed E-state index contributed by atoms with van der Waals surface area (Å²) in [6, 6.07) is 10.3. The first kappa shape index (κ1) is 19.1. The highest BCUT2D eigenvalue weighted by atomic mass is 16.5. The summed E-state index contributed by atoms with van der Waals surface area (Å²) in [5, 5.41) is 4.12. The highest BCUT2D eigenvalue weighted by molar-refractivity contribution is 5.56. The highest BCUT2D eigenvalue weighted by Crippen LogP contribution is 2.30. The molecule has 3 aromatic rings. The zero-order valence-corrected chi connectivity index (χ0v) is 16.5. The predicted molar refractivity (Wildman–Crippen MR) is 107 cm³/mol. The van der Waals surface area contributed by atoms with Crippen LogP contribution in [0.2, 0.25) is 0 Å². The molecule has 0 amide bonds. The lowest BCUT2D eigenvalue weighted by molar-refractivity contribution is 0.245. The van der Waals surface area contributed by atoms with Crippen molar-refractivity contribution in [3.05, 3.63) is 65.4 Å². The molecule has 5 nitrogen and oxygen atoms in total. The van der Waals surface area contributed by atoms with E-state index in [4.69, 9.17) is 8.94 Å². The Morgan fingerprint density at radius 1 is 1.19 bits per heavy atom. The molecule has 1 saturated heterocycles. The molecular formula is C22H27N3O2. The predicted octanol–water partition coefficient (Wildman–Crippen LogP) is 5.43. The van der Waals surface area contributed by atoms with Crippen LogP contribution in [-0.2, 0) is 0 Å². The summed E-state index contributed by atoms with van der Waals surface area (Å²) < 4.78 is 10.4. The summed E-state index contributed by atoms with van der Waals surface area (Å²) >= 11 is 0. The van der Waals surface area contributed by atoms with Gasteiger partial charge in [-0.3, -0.25) is 4.90 Å². The van der Waals surface area contributed by atoms with Crippen LogP contribution in [0.15, 0.2) is 51.6 Å². The molecule has 0 aliphatic carbocycles. The number of hydrogen-bond donors (Lipinski definition) is 0. The second-order valence-corrected chi connectivity index (χ2v) is 6.91. The lowest BCUT2D eigenvalue weighted by Gasteiger charge is -2.14. The molecule has 0 saturated carbocycles. The van der Waals surface area contributed by atoms with E-state index in [9.17, 15) is 0 Å². The summed E-state index contributed by atoms with van der Waals surface area (Å²) in [6.07, 6.45) is 7.82. The van der Waals surface area contributed by atoms with Crippen molar-refractivity contribution < 1.29 is 8.94 Å². The zero-order chi connectivity index (χ0) is 19.2. The molecule has 1 fully saturated rings. The van der Waals surface area contributed by atoms with Crippen molar-refractivity contribution in [3.63, 3.8) is 0 Å². The van der Waals surface area contributed by atoms with Gasteiger partial charge in [0.2, 0.25) is 11.7 Å².